The molecule has 164 valence electrons. The summed E-state index contributed by atoms with van der Waals surface area (Å²) in [6.07, 6.45) is 4.01. The van der Waals surface area contributed by atoms with Crippen LogP contribution in [0.5, 0.6) is 0 Å². The molecule has 3 aromatic rings. The lowest BCUT2D eigenvalue weighted by Gasteiger charge is -2.36. The highest BCUT2D eigenvalue weighted by Gasteiger charge is 2.38. The van der Waals surface area contributed by atoms with Gasteiger partial charge in [0.2, 0.25) is 11.8 Å². The quantitative estimate of drug-likeness (QED) is 0.629. The maximum absolute atomic E-state index is 13.2. The van der Waals surface area contributed by atoms with E-state index in [1.165, 1.54) is 12.1 Å². The van der Waals surface area contributed by atoms with Crippen molar-refractivity contribution in [2.45, 2.75) is 6.42 Å². The predicted octanol–water partition coefficient (Wildman–Crippen LogP) is 2.11. The van der Waals surface area contributed by atoms with Crippen molar-refractivity contribution < 1.29 is 14.0 Å². The molecule has 2 aliphatic heterocycles. The minimum atomic E-state index is -0.375. The molecule has 9 heteroatoms. The van der Waals surface area contributed by atoms with Gasteiger partial charge >= 0.3 is 0 Å². The molecule has 2 fully saturated rings. The Morgan fingerprint density at radius 3 is 2.22 bits per heavy atom. The number of amides is 2. The standard InChI is InChI=1S/C23H23FN6O2/c24-18-3-5-19(6-4-18)30-16-17(15-22(30)31)23(32)29-13-11-28(12-14-29)21-8-7-20(25-26-21)27-9-1-2-10-27/h1-10,17H,11-16H2. The van der Waals surface area contributed by atoms with Crippen molar-refractivity contribution in [3.05, 3.63) is 66.7 Å². The molecular weight excluding hydrogens is 411 g/mol. The van der Waals surface area contributed by atoms with E-state index in [0.717, 1.165) is 11.6 Å². The van der Waals surface area contributed by atoms with Crippen LogP contribution < -0.4 is 9.80 Å². The van der Waals surface area contributed by atoms with Gasteiger partial charge in [-0.05, 0) is 48.5 Å². The molecule has 1 atom stereocenters. The highest BCUT2D eigenvalue weighted by Crippen LogP contribution is 2.27. The summed E-state index contributed by atoms with van der Waals surface area (Å²) in [6, 6.07) is 13.5. The Morgan fingerprint density at radius 2 is 1.56 bits per heavy atom. The fraction of sp³-hybridized carbons (Fsp3) is 0.304. The van der Waals surface area contributed by atoms with Crippen molar-refractivity contribution in [3.63, 3.8) is 0 Å². The Labute approximate surface area is 184 Å². The van der Waals surface area contributed by atoms with E-state index in [-0.39, 0.29) is 30.0 Å². The molecule has 2 aliphatic rings. The average Bonchev–Trinajstić information content (AvgIpc) is 3.50. The third kappa shape index (κ3) is 3.93. The summed E-state index contributed by atoms with van der Waals surface area (Å²) in [4.78, 5) is 31.0. The van der Waals surface area contributed by atoms with E-state index in [9.17, 15) is 14.0 Å². The number of rotatable bonds is 4. The van der Waals surface area contributed by atoms with Gasteiger partial charge in [-0.2, -0.15) is 0 Å². The monoisotopic (exact) mass is 434 g/mol. The van der Waals surface area contributed by atoms with E-state index < -0.39 is 0 Å². The minimum Gasteiger partial charge on any atom is -0.352 e. The number of carbonyl (C=O) groups is 2. The molecular formula is C23H23FN6O2. The van der Waals surface area contributed by atoms with E-state index in [4.69, 9.17) is 0 Å². The van der Waals surface area contributed by atoms with Gasteiger partial charge in [-0.1, -0.05) is 0 Å². The summed E-state index contributed by atoms with van der Waals surface area (Å²) < 4.78 is 15.1. The zero-order valence-corrected chi connectivity index (χ0v) is 17.5. The normalized spacial score (nSPS) is 19.0. The van der Waals surface area contributed by atoms with Gasteiger partial charge < -0.3 is 19.3 Å². The van der Waals surface area contributed by atoms with Crippen LogP contribution in [0.4, 0.5) is 15.9 Å². The van der Waals surface area contributed by atoms with Crippen LogP contribution in [0.2, 0.25) is 0 Å². The largest absolute Gasteiger partial charge is 0.352 e. The van der Waals surface area contributed by atoms with E-state index >= 15 is 0 Å². The van der Waals surface area contributed by atoms with E-state index in [2.05, 4.69) is 15.1 Å². The summed E-state index contributed by atoms with van der Waals surface area (Å²) in [5.41, 5.74) is 0.624. The lowest BCUT2D eigenvalue weighted by atomic mass is 10.1. The number of anilines is 2. The first-order chi connectivity index (χ1) is 15.6. The molecule has 2 amide bonds. The first-order valence-corrected chi connectivity index (χ1v) is 10.7. The van der Waals surface area contributed by atoms with Crippen molar-refractivity contribution in [1.29, 1.82) is 0 Å². The number of benzene rings is 1. The van der Waals surface area contributed by atoms with Gasteiger partial charge in [-0.25, -0.2) is 4.39 Å². The Morgan fingerprint density at radius 1 is 0.906 bits per heavy atom. The molecule has 1 aromatic carbocycles. The average molecular weight is 434 g/mol. The Bertz CT molecular complexity index is 1090. The summed E-state index contributed by atoms with van der Waals surface area (Å²) in [6.45, 7) is 2.79. The molecule has 2 saturated heterocycles. The van der Waals surface area contributed by atoms with Crippen molar-refractivity contribution in [1.82, 2.24) is 19.7 Å². The molecule has 1 unspecified atom stereocenters. The highest BCUT2D eigenvalue weighted by atomic mass is 19.1. The van der Waals surface area contributed by atoms with Crippen molar-refractivity contribution in [2.75, 3.05) is 42.5 Å². The van der Waals surface area contributed by atoms with Gasteiger partial charge in [-0.3, -0.25) is 9.59 Å². The van der Waals surface area contributed by atoms with Gasteiger partial charge in [0.15, 0.2) is 11.6 Å². The summed E-state index contributed by atoms with van der Waals surface area (Å²) >= 11 is 0. The van der Waals surface area contributed by atoms with Gasteiger partial charge in [0.25, 0.3) is 0 Å². The zero-order chi connectivity index (χ0) is 22.1. The van der Waals surface area contributed by atoms with Crippen molar-refractivity contribution >= 4 is 23.3 Å². The number of halogens is 1. The van der Waals surface area contributed by atoms with Crippen LogP contribution in [0.25, 0.3) is 5.82 Å². The number of hydrogen-bond acceptors (Lipinski definition) is 5. The lowest BCUT2D eigenvalue weighted by molar-refractivity contribution is -0.136. The summed E-state index contributed by atoms with van der Waals surface area (Å²) in [5, 5.41) is 8.63. The number of aromatic nitrogens is 3. The highest BCUT2D eigenvalue weighted by molar-refractivity contribution is 6.00. The second-order valence-electron chi connectivity index (χ2n) is 8.03. The minimum absolute atomic E-state index is 0.00310. The number of nitrogens with zero attached hydrogens (tertiary/aromatic N) is 6. The van der Waals surface area contributed by atoms with E-state index in [1.54, 1.807) is 17.0 Å². The molecule has 4 heterocycles. The Balaban J connectivity index is 1.18. The van der Waals surface area contributed by atoms with Gasteiger partial charge in [-0.15, -0.1) is 10.2 Å². The van der Waals surface area contributed by atoms with Crippen LogP contribution in [0.1, 0.15) is 6.42 Å². The summed E-state index contributed by atoms with van der Waals surface area (Å²) in [7, 11) is 0. The van der Waals surface area contributed by atoms with Crippen molar-refractivity contribution in [2.24, 2.45) is 5.92 Å². The molecule has 0 aliphatic carbocycles. The molecule has 32 heavy (non-hydrogen) atoms. The maximum Gasteiger partial charge on any atom is 0.228 e. The molecule has 2 aromatic heterocycles. The SMILES string of the molecule is O=C(C1CC(=O)N(c2ccc(F)cc2)C1)N1CCN(c2ccc(-n3cccc3)nn2)CC1. The number of piperazine rings is 1. The second-order valence-corrected chi connectivity index (χ2v) is 8.03. The number of carbonyl (C=O) groups excluding carboxylic acids is 2. The third-order valence-corrected chi connectivity index (χ3v) is 6.03. The first kappa shape index (κ1) is 20.2. The molecule has 0 spiro atoms. The molecule has 8 nitrogen and oxygen atoms in total. The molecule has 0 radical (unpaired) electrons. The summed E-state index contributed by atoms with van der Waals surface area (Å²) in [5.74, 6) is 0.703. The fourth-order valence-corrected chi connectivity index (χ4v) is 4.27. The third-order valence-electron chi connectivity index (χ3n) is 6.03. The van der Waals surface area contributed by atoms with Crippen LogP contribution in [-0.4, -0.2) is 64.2 Å². The van der Waals surface area contributed by atoms with E-state index in [0.29, 0.717) is 38.4 Å². The second kappa shape index (κ2) is 8.41. The lowest BCUT2D eigenvalue weighted by Crippen LogP contribution is -2.51. The van der Waals surface area contributed by atoms with Gasteiger partial charge in [0.1, 0.15) is 5.82 Å². The fourth-order valence-electron chi connectivity index (χ4n) is 4.27. The Hall–Kier alpha value is -3.75. The van der Waals surface area contributed by atoms with E-state index in [1.807, 2.05) is 46.1 Å². The molecule has 0 bridgehead atoms. The molecule has 5 rings (SSSR count). The van der Waals surface area contributed by atoms with Crippen LogP contribution in [0.15, 0.2) is 60.9 Å². The van der Waals surface area contributed by atoms with Crippen LogP contribution in [0, 0.1) is 11.7 Å². The zero-order valence-electron chi connectivity index (χ0n) is 17.5. The Kier molecular flexibility index (Phi) is 5.30. The maximum atomic E-state index is 13.2. The van der Waals surface area contributed by atoms with Crippen molar-refractivity contribution in [3.8, 4) is 5.82 Å². The van der Waals surface area contributed by atoms with Crippen LogP contribution >= 0.6 is 0 Å². The van der Waals surface area contributed by atoms with Crippen LogP contribution in [0.3, 0.4) is 0 Å². The first-order valence-electron chi connectivity index (χ1n) is 10.7. The smallest absolute Gasteiger partial charge is 0.228 e. The molecule has 0 saturated carbocycles. The predicted molar refractivity (Wildman–Crippen MR) is 117 cm³/mol. The van der Waals surface area contributed by atoms with Gasteiger partial charge in [0, 0.05) is 57.2 Å². The molecule has 0 N–H and O–H groups in total. The topological polar surface area (TPSA) is 74.6 Å². The number of hydrogen-bond donors (Lipinski definition) is 0. The van der Waals surface area contributed by atoms with Gasteiger partial charge in [0.05, 0.1) is 5.92 Å². The van der Waals surface area contributed by atoms with Crippen LogP contribution in [-0.2, 0) is 9.59 Å².